The van der Waals surface area contributed by atoms with Crippen LogP contribution in [0.4, 0.5) is 32.2 Å². The van der Waals surface area contributed by atoms with E-state index in [2.05, 4.69) is 30.6 Å². The lowest BCUT2D eigenvalue weighted by Crippen LogP contribution is -2.37. The molecule has 2 N–H and O–H groups in total. The second-order valence-corrected chi connectivity index (χ2v) is 6.95. The van der Waals surface area contributed by atoms with E-state index < -0.39 is 11.6 Å². The smallest absolute Gasteiger partial charge is 0.227 e. The summed E-state index contributed by atoms with van der Waals surface area (Å²) in [6, 6.07) is 2.59. The van der Waals surface area contributed by atoms with Gasteiger partial charge in [-0.2, -0.15) is 14.4 Å². The summed E-state index contributed by atoms with van der Waals surface area (Å²) in [5, 5.41) is 6.03. The van der Waals surface area contributed by atoms with Crippen LogP contribution in [0.5, 0.6) is 0 Å². The molecule has 0 aromatic carbocycles. The van der Waals surface area contributed by atoms with Gasteiger partial charge in [-0.3, -0.25) is 4.98 Å². The number of hydrogen-bond donors (Lipinski definition) is 2. The molecule has 11 heteroatoms. The standard InChI is InChI=1S/C19H22F2N8O/c1-12(14-4-3-13(20)9-22-14)24-19-26-17(25-15-10-28(2)11-23-15)16(21)18(27-19)29-5-7-30-8-6-29/h3-4,9-12H,5-8H2,1-2H3,(H2,24,25,26,27)/t12-/m0/s1. The lowest BCUT2D eigenvalue weighted by atomic mass is 10.2. The Morgan fingerprint density at radius 2 is 1.93 bits per heavy atom. The highest BCUT2D eigenvalue weighted by atomic mass is 19.1. The third-order valence-electron chi connectivity index (χ3n) is 4.64. The van der Waals surface area contributed by atoms with Crippen molar-refractivity contribution >= 4 is 23.4 Å². The molecule has 0 saturated carbocycles. The minimum absolute atomic E-state index is 0.00644. The largest absolute Gasteiger partial charge is 0.378 e. The van der Waals surface area contributed by atoms with E-state index in [-0.39, 0.29) is 23.6 Å². The molecule has 1 aliphatic rings. The third kappa shape index (κ3) is 4.46. The van der Waals surface area contributed by atoms with E-state index in [4.69, 9.17) is 4.74 Å². The van der Waals surface area contributed by atoms with Gasteiger partial charge in [-0.1, -0.05) is 0 Å². The SMILES string of the molecule is C[C@H](Nc1nc(Nc2cn(C)cn2)c(F)c(N2CCOCC2)n1)c1ccc(F)cn1. The van der Waals surface area contributed by atoms with Gasteiger partial charge in [0.05, 0.1) is 37.5 Å². The van der Waals surface area contributed by atoms with Gasteiger partial charge in [0.1, 0.15) is 11.6 Å². The molecule has 4 heterocycles. The Hall–Kier alpha value is -3.34. The van der Waals surface area contributed by atoms with Crippen molar-refractivity contribution in [1.29, 1.82) is 0 Å². The molecular weight excluding hydrogens is 394 g/mol. The van der Waals surface area contributed by atoms with Crippen molar-refractivity contribution in [3.8, 4) is 0 Å². The first kappa shape index (κ1) is 20.0. The predicted octanol–water partition coefficient (Wildman–Crippen LogP) is 2.64. The highest BCUT2D eigenvalue weighted by molar-refractivity contribution is 5.61. The van der Waals surface area contributed by atoms with Crippen molar-refractivity contribution in [2.75, 3.05) is 41.8 Å². The van der Waals surface area contributed by atoms with Gasteiger partial charge in [-0.05, 0) is 19.1 Å². The van der Waals surface area contributed by atoms with E-state index in [1.54, 1.807) is 23.2 Å². The van der Waals surface area contributed by atoms with E-state index in [1.807, 2.05) is 18.9 Å². The molecule has 0 aliphatic carbocycles. The van der Waals surface area contributed by atoms with Crippen molar-refractivity contribution < 1.29 is 13.5 Å². The molecule has 4 rings (SSSR count). The van der Waals surface area contributed by atoms with Crippen LogP contribution < -0.4 is 15.5 Å². The van der Waals surface area contributed by atoms with Crippen LogP contribution in [-0.2, 0) is 11.8 Å². The number of hydrogen-bond acceptors (Lipinski definition) is 8. The summed E-state index contributed by atoms with van der Waals surface area (Å²) in [6.45, 7) is 3.86. The van der Waals surface area contributed by atoms with Crippen LogP contribution in [0.2, 0.25) is 0 Å². The fourth-order valence-corrected chi connectivity index (χ4v) is 3.08. The summed E-state index contributed by atoms with van der Waals surface area (Å²) < 4.78 is 35.5. The van der Waals surface area contributed by atoms with Crippen molar-refractivity contribution in [3.05, 3.63) is 48.2 Å². The number of pyridine rings is 1. The van der Waals surface area contributed by atoms with Gasteiger partial charge < -0.3 is 24.8 Å². The molecule has 1 saturated heterocycles. The number of ether oxygens (including phenoxy) is 1. The normalized spacial score (nSPS) is 15.1. The highest BCUT2D eigenvalue weighted by Crippen LogP contribution is 2.28. The maximum absolute atomic E-state index is 15.2. The van der Waals surface area contributed by atoms with Gasteiger partial charge in [0.25, 0.3) is 0 Å². The molecule has 0 unspecified atom stereocenters. The number of aryl methyl sites for hydroxylation is 1. The van der Waals surface area contributed by atoms with Gasteiger partial charge in [0.2, 0.25) is 11.8 Å². The molecule has 1 aliphatic heterocycles. The second-order valence-electron chi connectivity index (χ2n) is 6.95. The number of halogens is 2. The first-order valence-electron chi connectivity index (χ1n) is 9.53. The zero-order valence-electron chi connectivity index (χ0n) is 16.6. The Labute approximate surface area is 172 Å². The number of nitrogens with zero attached hydrogens (tertiary/aromatic N) is 6. The van der Waals surface area contributed by atoms with Crippen molar-refractivity contribution in [1.82, 2.24) is 24.5 Å². The molecular formula is C19H22F2N8O. The Balaban J connectivity index is 1.65. The zero-order valence-corrected chi connectivity index (χ0v) is 16.6. The van der Waals surface area contributed by atoms with Crippen molar-refractivity contribution in [2.45, 2.75) is 13.0 Å². The first-order valence-corrected chi connectivity index (χ1v) is 9.53. The van der Waals surface area contributed by atoms with Crippen LogP contribution in [0.3, 0.4) is 0 Å². The summed E-state index contributed by atoms with van der Waals surface area (Å²) in [7, 11) is 1.82. The van der Waals surface area contributed by atoms with Gasteiger partial charge in [-0.25, -0.2) is 9.37 Å². The minimum Gasteiger partial charge on any atom is -0.378 e. The molecule has 3 aromatic rings. The molecule has 3 aromatic heterocycles. The number of imidazole rings is 1. The van der Waals surface area contributed by atoms with Crippen LogP contribution in [0.1, 0.15) is 18.7 Å². The number of aromatic nitrogens is 5. The van der Waals surface area contributed by atoms with Crippen molar-refractivity contribution in [3.63, 3.8) is 0 Å². The number of rotatable bonds is 6. The van der Waals surface area contributed by atoms with E-state index in [0.717, 1.165) is 6.20 Å². The first-order chi connectivity index (χ1) is 14.5. The quantitative estimate of drug-likeness (QED) is 0.634. The monoisotopic (exact) mass is 416 g/mol. The molecule has 0 amide bonds. The van der Waals surface area contributed by atoms with Gasteiger partial charge >= 0.3 is 0 Å². The fraction of sp³-hybridized carbons (Fsp3) is 0.368. The van der Waals surface area contributed by atoms with Gasteiger partial charge in [0, 0.05) is 26.3 Å². The van der Waals surface area contributed by atoms with Crippen LogP contribution >= 0.6 is 0 Å². The maximum atomic E-state index is 15.2. The summed E-state index contributed by atoms with van der Waals surface area (Å²) in [5.74, 6) is -0.126. The van der Waals surface area contributed by atoms with Crippen molar-refractivity contribution in [2.24, 2.45) is 7.05 Å². The summed E-state index contributed by atoms with van der Waals surface area (Å²) >= 11 is 0. The molecule has 0 radical (unpaired) electrons. The van der Waals surface area contributed by atoms with Crippen LogP contribution in [0.15, 0.2) is 30.9 Å². The molecule has 9 nitrogen and oxygen atoms in total. The van der Waals surface area contributed by atoms with E-state index >= 15 is 4.39 Å². The Bertz CT molecular complexity index is 1000. The maximum Gasteiger partial charge on any atom is 0.227 e. The molecule has 0 bridgehead atoms. The average molecular weight is 416 g/mol. The Morgan fingerprint density at radius 3 is 2.60 bits per heavy atom. The number of anilines is 4. The molecule has 0 spiro atoms. The number of morpholine rings is 1. The zero-order chi connectivity index (χ0) is 21.1. The van der Waals surface area contributed by atoms with E-state index in [9.17, 15) is 4.39 Å². The summed E-state index contributed by atoms with van der Waals surface area (Å²) in [6.07, 6.45) is 4.46. The highest BCUT2D eigenvalue weighted by Gasteiger charge is 2.23. The summed E-state index contributed by atoms with van der Waals surface area (Å²) in [5.41, 5.74) is 0.608. The fourth-order valence-electron chi connectivity index (χ4n) is 3.08. The Morgan fingerprint density at radius 1 is 1.13 bits per heavy atom. The average Bonchev–Trinajstić information content (AvgIpc) is 3.16. The molecule has 30 heavy (non-hydrogen) atoms. The lowest BCUT2D eigenvalue weighted by molar-refractivity contribution is 0.122. The van der Waals surface area contributed by atoms with Crippen LogP contribution in [0, 0.1) is 11.6 Å². The van der Waals surface area contributed by atoms with Gasteiger partial charge in [0.15, 0.2) is 11.6 Å². The Kier molecular flexibility index (Phi) is 5.70. The second kappa shape index (κ2) is 8.57. The predicted molar refractivity (Wildman–Crippen MR) is 108 cm³/mol. The molecule has 1 atom stereocenters. The van der Waals surface area contributed by atoms with E-state index in [1.165, 1.54) is 6.07 Å². The van der Waals surface area contributed by atoms with Gasteiger partial charge in [-0.15, -0.1) is 0 Å². The van der Waals surface area contributed by atoms with Crippen LogP contribution in [-0.4, -0.2) is 50.8 Å². The van der Waals surface area contributed by atoms with Crippen LogP contribution in [0.25, 0.3) is 0 Å². The minimum atomic E-state index is -0.569. The third-order valence-corrected chi connectivity index (χ3v) is 4.64. The molecule has 1 fully saturated rings. The topological polar surface area (TPSA) is 93.0 Å². The summed E-state index contributed by atoms with van der Waals surface area (Å²) in [4.78, 5) is 18.7. The molecule has 158 valence electrons. The lowest BCUT2D eigenvalue weighted by Gasteiger charge is -2.29. The van der Waals surface area contributed by atoms with E-state index in [0.29, 0.717) is 37.8 Å². The number of nitrogens with one attached hydrogen (secondary N) is 2.